The quantitative estimate of drug-likeness (QED) is 0.707. The lowest BCUT2D eigenvalue weighted by molar-refractivity contribution is -0.145. The molecule has 0 saturated carbocycles. The van der Waals surface area contributed by atoms with Crippen molar-refractivity contribution in [3.8, 4) is 0 Å². The lowest BCUT2D eigenvalue weighted by Crippen LogP contribution is -2.48. The van der Waals surface area contributed by atoms with Gasteiger partial charge in [-0.25, -0.2) is 0 Å². The van der Waals surface area contributed by atoms with E-state index in [-0.39, 0.29) is 36.7 Å². The molecular weight excluding hydrogens is 220 g/mol. The van der Waals surface area contributed by atoms with Crippen LogP contribution in [0, 0.1) is 11.3 Å². The second-order valence-corrected chi connectivity index (χ2v) is 5.16. The van der Waals surface area contributed by atoms with Crippen LogP contribution in [-0.4, -0.2) is 43.0 Å². The molecule has 2 amide bonds. The number of nitrogens with zero attached hydrogens (tertiary/aromatic N) is 1. The van der Waals surface area contributed by atoms with Crippen LogP contribution >= 0.6 is 0 Å². The Kier molecular flexibility index (Phi) is 4.27. The second-order valence-electron chi connectivity index (χ2n) is 5.16. The van der Waals surface area contributed by atoms with E-state index in [1.54, 1.807) is 0 Å². The highest BCUT2D eigenvalue weighted by Crippen LogP contribution is 2.39. The van der Waals surface area contributed by atoms with Crippen LogP contribution < -0.4 is 5.73 Å². The van der Waals surface area contributed by atoms with Crippen molar-refractivity contribution in [1.29, 1.82) is 0 Å². The summed E-state index contributed by atoms with van der Waals surface area (Å²) < 4.78 is 5.01. The first-order valence-electron chi connectivity index (χ1n) is 5.94. The number of carbonyl (C=O) groups excluding carboxylic acids is 2. The summed E-state index contributed by atoms with van der Waals surface area (Å²) >= 11 is 0. The Balaban J connectivity index is 2.96. The molecule has 1 aliphatic heterocycles. The number of ether oxygens (including phenoxy) is 1. The first-order valence-corrected chi connectivity index (χ1v) is 5.94. The van der Waals surface area contributed by atoms with Gasteiger partial charge in [-0.3, -0.25) is 14.5 Å². The van der Waals surface area contributed by atoms with Crippen LogP contribution in [-0.2, 0) is 14.3 Å². The van der Waals surface area contributed by atoms with Crippen LogP contribution in [0.4, 0.5) is 0 Å². The highest BCUT2D eigenvalue weighted by Gasteiger charge is 2.51. The Labute approximate surface area is 102 Å². The van der Waals surface area contributed by atoms with Crippen molar-refractivity contribution in [3.63, 3.8) is 0 Å². The highest BCUT2D eigenvalue weighted by atomic mass is 16.5. The minimum Gasteiger partial charge on any atom is -0.382 e. The average Bonchev–Trinajstić information content (AvgIpc) is 2.49. The van der Waals surface area contributed by atoms with Gasteiger partial charge in [-0.1, -0.05) is 13.8 Å². The molecule has 0 spiro atoms. The van der Waals surface area contributed by atoms with Gasteiger partial charge in [0.05, 0.1) is 18.1 Å². The molecule has 0 bridgehead atoms. The number of rotatable bonds is 5. The summed E-state index contributed by atoms with van der Waals surface area (Å²) in [5.74, 6) is -0.131. The Morgan fingerprint density at radius 1 is 1.47 bits per heavy atom. The molecule has 0 aliphatic carbocycles. The van der Waals surface area contributed by atoms with E-state index in [1.807, 2.05) is 20.8 Å². The van der Waals surface area contributed by atoms with Gasteiger partial charge in [0.15, 0.2) is 0 Å². The monoisotopic (exact) mass is 242 g/mol. The Hall–Kier alpha value is -0.940. The zero-order chi connectivity index (χ0) is 13.2. The molecule has 17 heavy (non-hydrogen) atoms. The van der Waals surface area contributed by atoms with Crippen LogP contribution in [0.1, 0.15) is 27.2 Å². The molecule has 1 heterocycles. The highest BCUT2D eigenvalue weighted by molar-refractivity contribution is 6.06. The maximum Gasteiger partial charge on any atom is 0.236 e. The van der Waals surface area contributed by atoms with Crippen molar-refractivity contribution in [3.05, 3.63) is 0 Å². The molecule has 1 rings (SSSR count). The molecule has 2 atom stereocenters. The second kappa shape index (κ2) is 5.14. The van der Waals surface area contributed by atoms with Crippen molar-refractivity contribution in [1.82, 2.24) is 4.90 Å². The SMILES string of the molecule is COCC(CN)N1C(=O)CC(C)(C(C)C)C1=O. The first kappa shape index (κ1) is 14.1. The fourth-order valence-electron chi connectivity index (χ4n) is 2.12. The van der Waals surface area contributed by atoms with Gasteiger partial charge in [0.25, 0.3) is 0 Å². The molecule has 0 aromatic rings. The Bertz CT molecular complexity index is 317. The van der Waals surface area contributed by atoms with Crippen LogP contribution in [0.15, 0.2) is 0 Å². The number of nitrogens with two attached hydrogens (primary N) is 1. The van der Waals surface area contributed by atoms with Crippen molar-refractivity contribution >= 4 is 11.8 Å². The van der Waals surface area contributed by atoms with Crippen molar-refractivity contribution in [2.75, 3.05) is 20.3 Å². The van der Waals surface area contributed by atoms with E-state index in [9.17, 15) is 9.59 Å². The lowest BCUT2D eigenvalue weighted by atomic mass is 9.78. The van der Waals surface area contributed by atoms with Crippen LogP contribution in [0.3, 0.4) is 0 Å². The average molecular weight is 242 g/mol. The summed E-state index contributed by atoms with van der Waals surface area (Å²) in [6, 6.07) is -0.347. The maximum atomic E-state index is 12.3. The van der Waals surface area contributed by atoms with Crippen LogP contribution in [0.25, 0.3) is 0 Å². The van der Waals surface area contributed by atoms with Gasteiger partial charge in [-0.15, -0.1) is 0 Å². The molecule has 2 unspecified atom stereocenters. The third-order valence-corrected chi connectivity index (χ3v) is 3.77. The molecule has 0 radical (unpaired) electrons. The molecule has 5 nitrogen and oxygen atoms in total. The summed E-state index contributed by atoms with van der Waals surface area (Å²) in [6.45, 7) is 6.30. The molecular formula is C12H22N2O3. The van der Waals surface area contributed by atoms with Gasteiger partial charge in [0.2, 0.25) is 11.8 Å². The summed E-state index contributed by atoms with van der Waals surface area (Å²) in [5.41, 5.74) is 5.00. The predicted octanol–water partition coefficient (Wildman–Crippen LogP) is 0.381. The number of methoxy groups -OCH3 is 1. The molecule has 1 fully saturated rings. The predicted molar refractivity (Wildman–Crippen MR) is 64.1 cm³/mol. The third-order valence-electron chi connectivity index (χ3n) is 3.77. The molecule has 1 aliphatic rings. The smallest absolute Gasteiger partial charge is 0.236 e. The Morgan fingerprint density at radius 3 is 2.41 bits per heavy atom. The topological polar surface area (TPSA) is 72.6 Å². The first-order chi connectivity index (χ1) is 7.88. The van der Waals surface area contributed by atoms with Gasteiger partial charge in [-0.2, -0.15) is 0 Å². The maximum absolute atomic E-state index is 12.3. The molecule has 0 aromatic carbocycles. The lowest BCUT2D eigenvalue weighted by Gasteiger charge is -2.29. The third kappa shape index (κ3) is 2.35. The van der Waals surface area contributed by atoms with E-state index in [2.05, 4.69) is 0 Å². The number of likely N-dealkylation sites (tertiary alicyclic amines) is 1. The molecule has 5 heteroatoms. The zero-order valence-electron chi connectivity index (χ0n) is 11.0. The van der Waals surface area contributed by atoms with Crippen LogP contribution in [0.2, 0.25) is 0 Å². The largest absolute Gasteiger partial charge is 0.382 e. The fourth-order valence-corrected chi connectivity index (χ4v) is 2.12. The minimum absolute atomic E-state index is 0.120. The fraction of sp³-hybridized carbons (Fsp3) is 0.833. The molecule has 2 N–H and O–H groups in total. The van der Waals surface area contributed by atoms with E-state index in [4.69, 9.17) is 10.5 Å². The zero-order valence-corrected chi connectivity index (χ0v) is 11.0. The molecule has 1 saturated heterocycles. The normalized spacial score (nSPS) is 27.1. The number of imide groups is 1. The van der Waals surface area contributed by atoms with Crippen LogP contribution in [0.5, 0.6) is 0 Å². The molecule has 0 aromatic heterocycles. The number of carbonyl (C=O) groups is 2. The standard InChI is InChI=1S/C12H22N2O3/c1-8(2)12(3)5-10(15)14(11(12)16)9(6-13)7-17-4/h8-9H,5-7,13H2,1-4H3. The summed E-state index contributed by atoms with van der Waals surface area (Å²) in [6.07, 6.45) is 0.268. The number of amides is 2. The summed E-state index contributed by atoms with van der Waals surface area (Å²) in [5, 5.41) is 0. The summed E-state index contributed by atoms with van der Waals surface area (Å²) in [4.78, 5) is 25.6. The van der Waals surface area contributed by atoms with E-state index in [0.717, 1.165) is 0 Å². The van der Waals surface area contributed by atoms with Gasteiger partial charge in [0.1, 0.15) is 0 Å². The van der Waals surface area contributed by atoms with Crippen molar-refractivity contribution in [2.45, 2.75) is 33.2 Å². The van der Waals surface area contributed by atoms with Crippen molar-refractivity contribution < 1.29 is 14.3 Å². The van der Waals surface area contributed by atoms with E-state index < -0.39 is 5.41 Å². The van der Waals surface area contributed by atoms with Gasteiger partial charge >= 0.3 is 0 Å². The van der Waals surface area contributed by atoms with Gasteiger partial charge < -0.3 is 10.5 Å². The van der Waals surface area contributed by atoms with Crippen molar-refractivity contribution in [2.24, 2.45) is 17.1 Å². The minimum atomic E-state index is -0.599. The Morgan fingerprint density at radius 2 is 2.06 bits per heavy atom. The van der Waals surface area contributed by atoms with E-state index >= 15 is 0 Å². The molecule has 98 valence electrons. The van der Waals surface area contributed by atoms with Gasteiger partial charge in [0, 0.05) is 20.1 Å². The number of hydrogen-bond donors (Lipinski definition) is 1. The van der Waals surface area contributed by atoms with Gasteiger partial charge in [-0.05, 0) is 12.8 Å². The number of hydrogen-bond acceptors (Lipinski definition) is 4. The summed E-state index contributed by atoms with van der Waals surface area (Å²) in [7, 11) is 1.54. The van der Waals surface area contributed by atoms with E-state index in [1.165, 1.54) is 12.0 Å². The van der Waals surface area contributed by atoms with E-state index in [0.29, 0.717) is 6.61 Å².